The molecule has 0 aliphatic heterocycles. The van der Waals surface area contributed by atoms with Crippen molar-refractivity contribution in [2.45, 2.75) is 6.92 Å². The molecular formula is C26H23N3O6. The molecule has 0 aliphatic rings. The Balaban J connectivity index is 1.57. The summed E-state index contributed by atoms with van der Waals surface area (Å²) in [5.74, 6) is -0.841. The van der Waals surface area contributed by atoms with Gasteiger partial charge in [0.2, 0.25) is 0 Å². The van der Waals surface area contributed by atoms with Crippen LogP contribution in [0.2, 0.25) is 0 Å². The number of ether oxygens (including phenoxy) is 2. The number of hydrogen-bond acceptors (Lipinski definition) is 7. The van der Waals surface area contributed by atoms with E-state index < -0.39 is 17.4 Å². The van der Waals surface area contributed by atoms with Crippen molar-refractivity contribution in [3.63, 3.8) is 0 Å². The van der Waals surface area contributed by atoms with E-state index in [9.17, 15) is 19.8 Å². The summed E-state index contributed by atoms with van der Waals surface area (Å²) in [5.41, 5.74) is 2.45. The largest absolute Gasteiger partial charge is 0.504 e. The molecule has 0 fully saturated rings. The lowest BCUT2D eigenvalue weighted by Gasteiger charge is -2.12. The first-order chi connectivity index (χ1) is 16.8. The molecule has 9 nitrogen and oxygen atoms in total. The van der Waals surface area contributed by atoms with Gasteiger partial charge in [0.1, 0.15) is 0 Å². The summed E-state index contributed by atoms with van der Waals surface area (Å²) in [4.78, 5) is 30.0. The van der Waals surface area contributed by atoms with Crippen molar-refractivity contribution in [1.82, 2.24) is 4.98 Å². The highest BCUT2D eigenvalue weighted by Crippen LogP contribution is 2.32. The van der Waals surface area contributed by atoms with Crippen molar-refractivity contribution >= 4 is 34.1 Å². The van der Waals surface area contributed by atoms with Crippen molar-refractivity contribution in [3.05, 3.63) is 77.5 Å². The number of aromatic nitrogens is 1. The second-order valence-corrected chi connectivity index (χ2v) is 7.74. The maximum absolute atomic E-state index is 13.0. The molecule has 35 heavy (non-hydrogen) atoms. The van der Waals surface area contributed by atoms with Gasteiger partial charge in [-0.25, -0.2) is 0 Å². The highest BCUT2D eigenvalue weighted by atomic mass is 16.5. The first kappa shape index (κ1) is 23.4. The van der Waals surface area contributed by atoms with E-state index in [0.717, 1.165) is 5.39 Å². The number of aromatic hydroxyl groups is 2. The predicted molar refractivity (Wildman–Crippen MR) is 132 cm³/mol. The third-order valence-electron chi connectivity index (χ3n) is 5.44. The van der Waals surface area contributed by atoms with Crippen LogP contribution in [0, 0.1) is 6.92 Å². The van der Waals surface area contributed by atoms with Crippen LogP contribution in [0.5, 0.6) is 23.0 Å². The van der Waals surface area contributed by atoms with Crippen molar-refractivity contribution < 1.29 is 29.3 Å². The Morgan fingerprint density at radius 2 is 1.51 bits per heavy atom. The third-order valence-corrected chi connectivity index (χ3v) is 5.44. The van der Waals surface area contributed by atoms with E-state index in [1.165, 1.54) is 30.5 Å². The van der Waals surface area contributed by atoms with Gasteiger partial charge in [-0.3, -0.25) is 14.6 Å². The number of aryl methyl sites for hydroxylation is 1. The van der Waals surface area contributed by atoms with E-state index in [-0.39, 0.29) is 11.5 Å². The first-order valence-electron chi connectivity index (χ1n) is 10.6. The molecule has 0 saturated heterocycles. The number of anilines is 2. The van der Waals surface area contributed by atoms with Gasteiger partial charge in [-0.05, 0) is 48.9 Å². The molecule has 4 aromatic rings. The van der Waals surface area contributed by atoms with Crippen molar-refractivity contribution in [2.24, 2.45) is 0 Å². The van der Waals surface area contributed by atoms with Crippen LogP contribution in [-0.2, 0) is 0 Å². The summed E-state index contributed by atoms with van der Waals surface area (Å²) >= 11 is 0. The van der Waals surface area contributed by atoms with Crippen molar-refractivity contribution in [2.75, 3.05) is 24.9 Å². The Kier molecular flexibility index (Phi) is 6.41. The number of carbonyl (C=O) groups excluding carboxylic acids is 2. The summed E-state index contributed by atoms with van der Waals surface area (Å²) in [6.07, 6.45) is 1.54. The predicted octanol–water partition coefficient (Wildman–Crippen LogP) is 4.48. The number of phenols is 2. The topological polar surface area (TPSA) is 130 Å². The molecule has 0 spiro atoms. The number of nitrogens with one attached hydrogen (secondary N) is 2. The zero-order valence-electron chi connectivity index (χ0n) is 19.2. The molecule has 4 N–H and O–H groups in total. The fourth-order valence-electron chi connectivity index (χ4n) is 3.58. The monoisotopic (exact) mass is 473 g/mol. The lowest BCUT2D eigenvalue weighted by molar-refractivity contribution is 0.101. The van der Waals surface area contributed by atoms with E-state index in [2.05, 4.69) is 15.6 Å². The third kappa shape index (κ3) is 4.79. The smallest absolute Gasteiger partial charge is 0.259 e. The van der Waals surface area contributed by atoms with E-state index in [4.69, 9.17) is 9.47 Å². The van der Waals surface area contributed by atoms with Crippen molar-refractivity contribution in [1.29, 1.82) is 0 Å². The number of nitrogens with zero attached hydrogens (tertiary/aromatic N) is 1. The molecule has 0 aliphatic carbocycles. The highest BCUT2D eigenvalue weighted by Gasteiger charge is 2.16. The molecule has 0 unspecified atom stereocenters. The van der Waals surface area contributed by atoms with Crippen LogP contribution in [0.3, 0.4) is 0 Å². The Morgan fingerprint density at radius 3 is 2.26 bits per heavy atom. The minimum absolute atomic E-state index is 0.0918. The van der Waals surface area contributed by atoms with E-state index in [1.807, 2.05) is 0 Å². The standard InChI is InChI=1S/C26H23N3O6/c1-14-7-8-16(28-25(32)18-5-4-6-21(30)24(18)31)11-19(14)26(33)29-17-9-15-10-22(34-2)23(35-3)12-20(15)27-13-17/h4-13,30-31H,1-3H3,(H,28,32)(H,29,33). The van der Waals surface area contributed by atoms with E-state index in [1.54, 1.807) is 51.5 Å². The molecule has 0 radical (unpaired) electrons. The summed E-state index contributed by atoms with van der Waals surface area (Å²) in [6, 6.07) is 14.3. The molecule has 4 rings (SSSR count). The summed E-state index contributed by atoms with van der Waals surface area (Å²) in [7, 11) is 3.09. The highest BCUT2D eigenvalue weighted by molar-refractivity contribution is 6.09. The summed E-state index contributed by atoms with van der Waals surface area (Å²) in [6.45, 7) is 1.78. The number of methoxy groups -OCH3 is 2. The molecule has 1 aromatic heterocycles. The number of fused-ring (bicyclic) bond motifs is 1. The van der Waals surface area contributed by atoms with Crippen LogP contribution in [0.4, 0.5) is 11.4 Å². The van der Waals surface area contributed by atoms with Gasteiger partial charge in [0.05, 0.1) is 37.2 Å². The van der Waals surface area contributed by atoms with E-state index in [0.29, 0.717) is 39.5 Å². The van der Waals surface area contributed by atoms with Gasteiger partial charge in [0, 0.05) is 22.7 Å². The SMILES string of the molecule is COc1cc2cc(NC(=O)c3cc(NC(=O)c4cccc(O)c4O)ccc3C)cnc2cc1OC. The molecule has 178 valence electrons. The van der Waals surface area contributed by atoms with Gasteiger partial charge in [0.15, 0.2) is 23.0 Å². The van der Waals surface area contributed by atoms with Crippen LogP contribution >= 0.6 is 0 Å². The van der Waals surface area contributed by atoms with Gasteiger partial charge in [-0.1, -0.05) is 12.1 Å². The van der Waals surface area contributed by atoms with Gasteiger partial charge >= 0.3 is 0 Å². The van der Waals surface area contributed by atoms with Crippen LogP contribution in [-0.4, -0.2) is 41.2 Å². The number of benzene rings is 3. The fraction of sp³-hybridized carbons (Fsp3) is 0.115. The van der Waals surface area contributed by atoms with Crippen LogP contribution in [0.15, 0.2) is 60.8 Å². The second kappa shape index (κ2) is 9.60. The maximum atomic E-state index is 13.0. The molecular weight excluding hydrogens is 450 g/mol. The maximum Gasteiger partial charge on any atom is 0.259 e. The summed E-state index contributed by atoms with van der Waals surface area (Å²) < 4.78 is 10.6. The lowest BCUT2D eigenvalue weighted by atomic mass is 10.1. The van der Waals surface area contributed by atoms with Gasteiger partial charge in [-0.15, -0.1) is 0 Å². The number of pyridine rings is 1. The van der Waals surface area contributed by atoms with Gasteiger partial charge < -0.3 is 30.3 Å². The number of carbonyl (C=O) groups is 2. The normalized spacial score (nSPS) is 10.6. The Morgan fingerprint density at radius 1 is 0.829 bits per heavy atom. The van der Waals surface area contributed by atoms with Crippen LogP contribution in [0.25, 0.3) is 10.9 Å². The first-order valence-corrected chi connectivity index (χ1v) is 10.6. The molecule has 9 heteroatoms. The Hall–Kier alpha value is -4.79. The van der Waals surface area contributed by atoms with Crippen molar-refractivity contribution in [3.8, 4) is 23.0 Å². The molecule has 0 saturated carbocycles. The number of amides is 2. The molecule has 0 bridgehead atoms. The van der Waals surface area contributed by atoms with Crippen LogP contribution in [0.1, 0.15) is 26.3 Å². The number of hydrogen-bond donors (Lipinski definition) is 4. The Bertz CT molecular complexity index is 1450. The zero-order chi connectivity index (χ0) is 25.1. The zero-order valence-corrected chi connectivity index (χ0v) is 19.2. The molecule has 2 amide bonds. The molecule has 1 heterocycles. The minimum atomic E-state index is -0.628. The van der Waals surface area contributed by atoms with E-state index >= 15 is 0 Å². The minimum Gasteiger partial charge on any atom is -0.504 e. The number of phenolic OH excluding ortho intramolecular Hbond substituents is 2. The average Bonchev–Trinajstić information content (AvgIpc) is 2.85. The Labute approximate surface area is 201 Å². The van der Waals surface area contributed by atoms with Gasteiger partial charge in [0.25, 0.3) is 11.8 Å². The summed E-state index contributed by atoms with van der Waals surface area (Å²) in [5, 5.41) is 25.8. The number of para-hydroxylation sites is 1. The second-order valence-electron chi connectivity index (χ2n) is 7.74. The lowest BCUT2D eigenvalue weighted by Crippen LogP contribution is -2.16. The molecule has 0 atom stereocenters. The van der Waals surface area contributed by atoms with Gasteiger partial charge in [-0.2, -0.15) is 0 Å². The molecule has 3 aromatic carbocycles. The quantitative estimate of drug-likeness (QED) is 0.304. The van der Waals surface area contributed by atoms with Crippen LogP contribution < -0.4 is 20.1 Å². The average molecular weight is 473 g/mol. The fourth-order valence-corrected chi connectivity index (χ4v) is 3.58. The number of rotatable bonds is 6.